The van der Waals surface area contributed by atoms with Crippen molar-refractivity contribution in [2.45, 2.75) is 70.7 Å². The van der Waals surface area contributed by atoms with Crippen LogP contribution >= 0.6 is 22.6 Å². The molecular formula is C19H25F3IN5O2. The first-order valence-electron chi connectivity index (χ1n) is 9.81. The summed E-state index contributed by atoms with van der Waals surface area (Å²) < 4.78 is 46.5. The van der Waals surface area contributed by atoms with E-state index in [-0.39, 0.29) is 11.7 Å². The predicted octanol–water partition coefficient (Wildman–Crippen LogP) is 5.38. The summed E-state index contributed by atoms with van der Waals surface area (Å²) in [6, 6.07) is 1.82. The second-order valence-corrected chi connectivity index (χ2v) is 9.46. The summed E-state index contributed by atoms with van der Waals surface area (Å²) in [5.41, 5.74) is -0.331. The number of nitrogens with one attached hydrogen (secondary N) is 1. The van der Waals surface area contributed by atoms with Gasteiger partial charge in [0, 0.05) is 18.7 Å². The van der Waals surface area contributed by atoms with Crippen LogP contribution in [0.4, 0.5) is 29.5 Å². The fourth-order valence-corrected chi connectivity index (χ4v) is 3.82. The fraction of sp³-hybridized carbons (Fsp3) is 0.632. The van der Waals surface area contributed by atoms with E-state index in [0.29, 0.717) is 15.2 Å². The molecule has 0 bridgehead atoms. The van der Waals surface area contributed by atoms with Gasteiger partial charge in [-0.05, 0) is 56.2 Å². The number of carbonyl (C=O) groups excluding carboxylic acids is 1. The first kappa shape index (κ1) is 22.9. The van der Waals surface area contributed by atoms with Crippen LogP contribution in [-0.2, 0) is 4.74 Å². The lowest BCUT2D eigenvalue weighted by atomic mass is 10.2. The Balaban J connectivity index is 2.02. The highest BCUT2D eigenvalue weighted by Crippen LogP contribution is 2.30. The molecule has 1 amide bonds. The molecule has 1 N–H and O–H groups in total. The van der Waals surface area contributed by atoms with Crippen LogP contribution in [0.15, 0.2) is 12.3 Å². The number of rotatable bonds is 5. The molecule has 30 heavy (non-hydrogen) atoms. The van der Waals surface area contributed by atoms with Crippen LogP contribution in [0.25, 0.3) is 5.65 Å². The van der Waals surface area contributed by atoms with Gasteiger partial charge < -0.3 is 10.1 Å². The van der Waals surface area contributed by atoms with Gasteiger partial charge in [-0.3, -0.25) is 4.90 Å². The third-order valence-corrected chi connectivity index (χ3v) is 5.37. The van der Waals surface area contributed by atoms with E-state index in [1.54, 1.807) is 33.0 Å². The van der Waals surface area contributed by atoms with E-state index in [2.05, 4.69) is 15.4 Å². The van der Waals surface area contributed by atoms with E-state index < -0.39 is 30.8 Å². The Morgan fingerprint density at radius 1 is 1.33 bits per heavy atom. The molecule has 7 nitrogen and oxygen atoms in total. The molecule has 0 aliphatic heterocycles. The minimum atomic E-state index is -4.42. The molecule has 2 aromatic rings. The number of nitrogens with zero attached hydrogens (tertiary/aromatic N) is 4. The largest absolute Gasteiger partial charge is 0.443 e. The van der Waals surface area contributed by atoms with Gasteiger partial charge in [-0.1, -0.05) is 12.8 Å². The van der Waals surface area contributed by atoms with Gasteiger partial charge in [0.05, 0.1) is 18.3 Å². The zero-order valence-corrected chi connectivity index (χ0v) is 19.2. The van der Waals surface area contributed by atoms with Gasteiger partial charge in [0.25, 0.3) is 0 Å². The molecule has 1 aliphatic rings. The zero-order valence-electron chi connectivity index (χ0n) is 17.1. The molecule has 3 rings (SSSR count). The van der Waals surface area contributed by atoms with Crippen LogP contribution in [0.1, 0.15) is 52.9 Å². The van der Waals surface area contributed by atoms with Crippen LogP contribution in [0, 0.1) is 3.70 Å². The SMILES string of the molecule is CC(C)(C)OC(=O)N(CCC(F)(F)F)c1cc(NC2CCCC2)nn2c(I)cnc12. The lowest BCUT2D eigenvalue weighted by Gasteiger charge is -2.28. The predicted molar refractivity (Wildman–Crippen MR) is 116 cm³/mol. The maximum Gasteiger partial charge on any atom is 0.414 e. The minimum Gasteiger partial charge on any atom is -0.443 e. The van der Waals surface area contributed by atoms with E-state index in [1.807, 2.05) is 22.6 Å². The minimum absolute atomic E-state index is 0.229. The number of hydrogen-bond donors (Lipinski definition) is 1. The monoisotopic (exact) mass is 539 g/mol. The average Bonchev–Trinajstić information content (AvgIpc) is 3.23. The standard InChI is InChI=1S/C19H25F3IN5O2/c1-18(2,3)30-17(29)27(9-8-19(20,21)22)13-10-15(25-12-6-4-5-7-12)26-28-14(23)11-24-16(13)28/h10-12H,4-9H2,1-3H3,(H,25,26). The second kappa shape index (κ2) is 8.75. The van der Waals surface area contributed by atoms with Gasteiger partial charge >= 0.3 is 12.3 Å². The highest BCUT2D eigenvalue weighted by molar-refractivity contribution is 14.1. The van der Waals surface area contributed by atoms with E-state index in [0.717, 1.165) is 30.6 Å². The molecule has 1 fully saturated rings. The summed E-state index contributed by atoms with van der Waals surface area (Å²) in [6.07, 6.45) is -0.648. The van der Waals surface area contributed by atoms with Crippen molar-refractivity contribution in [2.24, 2.45) is 0 Å². The molecule has 1 saturated carbocycles. The third kappa shape index (κ3) is 5.88. The fourth-order valence-electron chi connectivity index (χ4n) is 3.34. The number of carbonyl (C=O) groups is 1. The molecule has 0 atom stereocenters. The average molecular weight is 539 g/mol. The Morgan fingerprint density at radius 3 is 2.60 bits per heavy atom. The normalized spacial score (nSPS) is 15.6. The molecule has 0 saturated heterocycles. The molecule has 0 unspecified atom stereocenters. The van der Waals surface area contributed by atoms with Crippen molar-refractivity contribution < 1.29 is 22.7 Å². The highest BCUT2D eigenvalue weighted by Gasteiger charge is 2.33. The lowest BCUT2D eigenvalue weighted by Crippen LogP contribution is -2.39. The first-order chi connectivity index (χ1) is 13.9. The highest BCUT2D eigenvalue weighted by atomic mass is 127. The summed E-state index contributed by atoms with van der Waals surface area (Å²) >= 11 is 2.04. The molecule has 2 heterocycles. The zero-order chi connectivity index (χ0) is 22.1. The molecule has 0 aromatic carbocycles. The number of aromatic nitrogens is 3. The van der Waals surface area contributed by atoms with Gasteiger partial charge in [0.15, 0.2) is 5.65 Å². The number of amides is 1. The van der Waals surface area contributed by atoms with E-state index >= 15 is 0 Å². The smallest absolute Gasteiger partial charge is 0.414 e. The molecule has 0 radical (unpaired) electrons. The van der Waals surface area contributed by atoms with Gasteiger partial charge in [-0.25, -0.2) is 14.3 Å². The van der Waals surface area contributed by atoms with Crippen molar-refractivity contribution in [3.8, 4) is 0 Å². The number of imidazole rings is 1. The molecule has 1 aliphatic carbocycles. The van der Waals surface area contributed by atoms with E-state index in [4.69, 9.17) is 4.74 Å². The van der Waals surface area contributed by atoms with Crippen molar-refractivity contribution in [2.75, 3.05) is 16.8 Å². The Hall–Kier alpha value is -1.79. The molecule has 166 valence electrons. The Morgan fingerprint density at radius 2 is 2.00 bits per heavy atom. The van der Waals surface area contributed by atoms with Crippen molar-refractivity contribution in [3.05, 3.63) is 16.0 Å². The van der Waals surface area contributed by atoms with Crippen LogP contribution in [0.5, 0.6) is 0 Å². The van der Waals surface area contributed by atoms with Gasteiger partial charge in [0.2, 0.25) is 0 Å². The Labute approximate surface area is 186 Å². The summed E-state index contributed by atoms with van der Waals surface area (Å²) in [4.78, 5) is 18.1. The van der Waals surface area contributed by atoms with Crippen LogP contribution in [-0.4, -0.2) is 45.1 Å². The quantitative estimate of drug-likeness (QED) is 0.517. The number of hydrogen-bond acceptors (Lipinski definition) is 5. The maximum atomic E-state index is 13.0. The number of alkyl halides is 3. The number of anilines is 2. The number of fused-ring (bicyclic) bond motifs is 1. The van der Waals surface area contributed by atoms with Gasteiger partial charge in [-0.15, -0.1) is 5.10 Å². The van der Waals surface area contributed by atoms with Crippen LogP contribution in [0.2, 0.25) is 0 Å². The summed E-state index contributed by atoms with van der Waals surface area (Å²) in [5.74, 6) is 0.487. The van der Waals surface area contributed by atoms with Crippen molar-refractivity contribution in [1.29, 1.82) is 0 Å². The van der Waals surface area contributed by atoms with E-state index in [1.165, 1.54) is 4.52 Å². The second-order valence-electron chi connectivity index (χ2n) is 8.35. The van der Waals surface area contributed by atoms with Gasteiger partial charge in [-0.2, -0.15) is 13.2 Å². The third-order valence-electron chi connectivity index (χ3n) is 4.64. The lowest BCUT2D eigenvalue weighted by molar-refractivity contribution is -0.132. The van der Waals surface area contributed by atoms with Crippen molar-refractivity contribution >= 4 is 45.8 Å². The molecular weight excluding hydrogens is 514 g/mol. The van der Waals surface area contributed by atoms with Gasteiger partial charge in [0.1, 0.15) is 15.1 Å². The topological polar surface area (TPSA) is 71.8 Å². The Bertz CT molecular complexity index is 904. The van der Waals surface area contributed by atoms with Crippen LogP contribution < -0.4 is 10.2 Å². The summed E-state index contributed by atoms with van der Waals surface area (Å²) in [7, 11) is 0. The van der Waals surface area contributed by atoms with Crippen LogP contribution in [0.3, 0.4) is 0 Å². The molecule has 0 spiro atoms. The summed E-state index contributed by atoms with van der Waals surface area (Å²) in [5, 5.41) is 7.86. The van der Waals surface area contributed by atoms with Crippen molar-refractivity contribution in [3.63, 3.8) is 0 Å². The van der Waals surface area contributed by atoms with E-state index in [9.17, 15) is 18.0 Å². The Kier molecular flexibility index (Phi) is 6.68. The first-order valence-corrected chi connectivity index (χ1v) is 10.9. The van der Waals surface area contributed by atoms with Crippen molar-refractivity contribution in [1.82, 2.24) is 14.6 Å². The number of halogens is 4. The maximum absolute atomic E-state index is 13.0. The number of ether oxygens (including phenoxy) is 1. The molecule has 2 aromatic heterocycles. The molecule has 11 heteroatoms. The summed E-state index contributed by atoms with van der Waals surface area (Å²) in [6.45, 7) is 4.42.